The molecule has 1 amide bonds. The summed E-state index contributed by atoms with van der Waals surface area (Å²) in [5, 5.41) is 7.02. The summed E-state index contributed by atoms with van der Waals surface area (Å²) in [5.74, 6) is 0.122. The number of anilines is 2. The van der Waals surface area contributed by atoms with Crippen LogP contribution in [0.15, 0.2) is 30.6 Å². The zero-order valence-corrected chi connectivity index (χ0v) is 17.9. The molecule has 2 aromatic heterocycles. The van der Waals surface area contributed by atoms with Crippen LogP contribution in [-0.4, -0.2) is 65.2 Å². The van der Waals surface area contributed by atoms with E-state index in [1.54, 1.807) is 18.3 Å². The highest BCUT2D eigenvalue weighted by Crippen LogP contribution is 2.30. The number of rotatable bonds is 5. The molecule has 0 unspecified atom stereocenters. The van der Waals surface area contributed by atoms with Gasteiger partial charge in [-0.05, 0) is 26.0 Å². The van der Waals surface area contributed by atoms with Gasteiger partial charge >= 0.3 is 6.01 Å². The van der Waals surface area contributed by atoms with Gasteiger partial charge < -0.3 is 19.7 Å². The number of hydrogen-bond donors (Lipinski definition) is 2. The average Bonchev–Trinajstić information content (AvgIpc) is 2.77. The van der Waals surface area contributed by atoms with Gasteiger partial charge in [-0.1, -0.05) is 0 Å². The lowest BCUT2D eigenvalue weighted by Crippen LogP contribution is -2.54. The van der Waals surface area contributed by atoms with Crippen molar-refractivity contribution in [3.05, 3.63) is 36.2 Å². The maximum atomic E-state index is 13.1. The third-order valence-corrected chi connectivity index (χ3v) is 5.10. The highest BCUT2D eigenvalue weighted by molar-refractivity contribution is 6.13. The highest BCUT2D eigenvalue weighted by Gasteiger charge is 2.24. The van der Waals surface area contributed by atoms with Gasteiger partial charge in [0.15, 0.2) is 0 Å². The molecule has 2 N–H and O–H groups in total. The SMILES string of the molecule is COc1ccnc(NC(=O)c2ccc(N3C[C@@H](C)N[C@@H](C)C3)c3cnc(OC)nc23)n1. The number of hydrogen-bond acceptors (Lipinski definition) is 9. The van der Waals surface area contributed by atoms with E-state index in [4.69, 9.17) is 9.47 Å². The molecule has 3 heterocycles. The highest BCUT2D eigenvalue weighted by atomic mass is 16.5. The Bertz CT molecular complexity index is 1100. The lowest BCUT2D eigenvalue weighted by Gasteiger charge is -2.38. The number of benzene rings is 1. The van der Waals surface area contributed by atoms with E-state index in [1.165, 1.54) is 20.4 Å². The zero-order chi connectivity index (χ0) is 22.0. The molecule has 1 aliphatic heterocycles. The van der Waals surface area contributed by atoms with Crippen LogP contribution in [0.3, 0.4) is 0 Å². The van der Waals surface area contributed by atoms with E-state index < -0.39 is 0 Å². The Morgan fingerprint density at radius 2 is 1.87 bits per heavy atom. The van der Waals surface area contributed by atoms with E-state index >= 15 is 0 Å². The van der Waals surface area contributed by atoms with Crippen LogP contribution in [0.4, 0.5) is 11.6 Å². The molecule has 1 aromatic carbocycles. The Hall–Kier alpha value is -3.53. The molecule has 1 aliphatic rings. The molecule has 0 bridgehead atoms. The molecule has 1 saturated heterocycles. The monoisotopic (exact) mass is 423 g/mol. The molecule has 3 aromatic rings. The van der Waals surface area contributed by atoms with Gasteiger partial charge in [-0.3, -0.25) is 10.1 Å². The summed E-state index contributed by atoms with van der Waals surface area (Å²) >= 11 is 0. The topological polar surface area (TPSA) is 114 Å². The first-order valence-electron chi connectivity index (χ1n) is 10.0. The number of ether oxygens (including phenoxy) is 2. The quantitative estimate of drug-likeness (QED) is 0.635. The van der Waals surface area contributed by atoms with E-state index in [0.717, 1.165) is 24.2 Å². The van der Waals surface area contributed by atoms with Gasteiger partial charge in [0.05, 0.1) is 25.3 Å². The Morgan fingerprint density at radius 3 is 2.58 bits per heavy atom. The molecule has 10 heteroatoms. The molecule has 0 saturated carbocycles. The molecule has 31 heavy (non-hydrogen) atoms. The molecule has 1 fully saturated rings. The van der Waals surface area contributed by atoms with Crippen LogP contribution in [0.5, 0.6) is 11.9 Å². The van der Waals surface area contributed by atoms with Gasteiger partial charge in [0.25, 0.3) is 5.91 Å². The number of carbonyl (C=O) groups is 1. The summed E-state index contributed by atoms with van der Waals surface area (Å²) in [5.41, 5.74) is 1.86. The molecule has 10 nitrogen and oxygen atoms in total. The summed E-state index contributed by atoms with van der Waals surface area (Å²) in [4.78, 5) is 32.3. The minimum absolute atomic E-state index is 0.146. The molecule has 2 atom stereocenters. The van der Waals surface area contributed by atoms with Crippen molar-refractivity contribution in [2.24, 2.45) is 0 Å². The normalized spacial score (nSPS) is 18.6. The van der Waals surface area contributed by atoms with Gasteiger partial charge in [0.1, 0.15) is 0 Å². The van der Waals surface area contributed by atoms with Crippen molar-refractivity contribution in [3.63, 3.8) is 0 Å². The van der Waals surface area contributed by atoms with E-state index in [2.05, 4.69) is 49.3 Å². The van der Waals surface area contributed by atoms with Crippen LogP contribution in [0, 0.1) is 0 Å². The minimum Gasteiger partial charge on any atom is -0.481 e. The van der Waals surface area contributed by atoms with Crippen molar-refractivity contribution in [2.45, 2.75) is 25.9 Å². The van der Waals surface area contributed by atoms with Gasteiger partial charge in [-0.25, -0.2) is 9.97 Å². The molecular weight excluding hydrogens is 398 g/mol. The average molecular weight is 423 g/mol. The first-order valence-corrected chi connectivity index (χ1v) is 10.0. The van der Waals surface area contributed by atoms with Crippen LogP contribution in [-0.2, 0) is 0 Å². The summed E-state index contributed by atoms with van der Waals surface area (Å²) < 4.78 is 10.3. The lowest BCUT2D eigenvalue weighted by molar-refractivity contribution is 0.102. The van der Waals surface area contributed by atoms with Crippen LogP contribution >= 0.6 is 0 Å². The fourth-order valence-corrected chi connectivity index (χ4v) is 3.86. The molecule has 162 valence electrons. The Morgan fingerprint density at radius 1 is 1.10 bits per heavy atom. The number of carbonyl (C=O) groups excluding carboxylic acids is 1. The molecule has 0 aliphatic carbocycles. The van der Waals surface area contributed by atoms with E-state index in [9.17, 15) is 4.79 Å². The molecular formula is C21H25N7O3. The first-order chi connectivity index (χ1) is 15.0. The summed E-state index contributed by atoms with van der Waals surface area (Å²) in [6.07, 6.45) is 3.22. The maximum absolute atomic E-state index is 13.1. The second kappa shape index (κ2) is 8.68. The smallest absolute Gasteiger partial charge is 0.316 e. The van der Waals surface area contributed by atoms with Crippen molar-refractivity contribution < 1.29 is 14.3 Å². The number of nitrogens with zero attached hydrogens (tertiary/aromatic N) is 5. The number of fused-ring (bicyclic) bond motifs is 1. The minimum atomic E-state index is -0.382. The maximum Gasteiger partial charge on any atom is 0.316 e. The molecule has 0 spiro atoms. The summed E-state index contributed by atoms with van der Waals surface area (Å²) in [6, 6.07) is 6.17. The summed E-state index contributed by atoms with van der Waals surface area (Å²) in [6.45, 7) is 5.99. The van der Waals surface area contributed by atoms with Crippen molar-refractivity contribution in [1.29, 1.82) is 0 Å². The Labute approximate surface area is 180 Å². The van der Waals surface area contributed by atoms with Crippen molar-refractivity contribution in [3.8, 4) is 11.9 Å². The first kappa shape index (κ1) is 20.7. The Kier molecular flexibility index (Phi) is 5.81. The number of methoxy groups -OCH3 is 2. The number of piperazine rings is 1. The molecule has 0 radical (unpaired) electrons. The second-order valence-corrected chi connectivity index (χ2v) is 7.50. The number of aromatic nitrogens is 4. The third-order valence-electron chi connectivity index (χ3n) is 5.10. The van der Waals surface area contributed by atoms with Crippen LogP contribution in [0.25, 0.3) is 10.9 Å². The van der Waals surface area contributed by atoms with Crippen LogP contribution < -0.4 is 25.0 Å². The lowest BCUT2D eigenvalue weighted by atomic mass is 10.0. The fourth-order valence-electron chi connectivity index (χ4n) is 3.86. The fraction of sp³-hybridized carbons (Fsp3) is 0.381. The van der Waals surface area contributed by atoms with E-state index in [1.807, 2.05) is 6.07 Å². The van der Waals surface area contributed by atoms with Gasteiger partial charge in [-0.15, -0.1) is 0 Å². The third kappa shape index (κ3) is 4.33. The number of nitrogens with one attached hydrogen (secondary N) is 2. The van der Waals surface area contributed by atoms with Crippen LogP contribution in [0.2, 0.25) is 0 Å². The van der Waals surface area contributed by atoms with Gasteiger partial charge in [-0.2, -0.15) is 9.97 Å². The zero-order valence-electron chi connectivity index (χ0n) is 17.9. The predicted molar refractivity (Wildman–Crippen MR) is 117 cm³/mol. The van der Waals surface area contributed by atoms with Gasteiger partial charge in [0.2, 0.25) is 11.8 Å². The van der Waals surface area contributed by atoms with Crippen molar-refractivity contribution in [1.82, 2.24) is 25.3 Å². The number of amides is 1. The summed E-state index contributed by atoms with van der Waals surface area (Å²) in [7, 11) is 3.00. The largest absolute Gasteiger partial charge is 0.481 e. The molecule has 4 rings (SSSR count). The van der Waals surface area contributed by atoms with Crippen LogP contribution in [0.1, 0.15) is 24.2 Å². The second-order valence-electron chi connectivity index (χ2n) is 7.50. The standard InChI is InChI=1S/C21H25N7O3/c1-12-10-28(11-13(2)24-12)16-6-5-14(18-15(16)9-23-21(26-18)31-4)19(29)27-20-22-8-7-17(25-20)30-3/h5-9,12-13,24H,10-11H2,1-4H3,(H,22,25,27,29)/t12-,13+. The van der Waals surface area contributed by atoms with Crippen molar-refractivity contribution >= 4 is 28.4 Å². The van der Waals surface area contributed by atoms with Crippen molar-refractivity contribution in [2.75, 3.05) is 37.5 Å². The van der Waals surface area contributed by atoms with E-state index in [-0.39, 0.29) is 17.9 Å². The van der Waals surface area contributed by atoms with E-state index in [0.29, 0.717) is 29.0 Å². The predicted octanol–water partition coefficient (Wildman–Crippen LogP) is 1.88. The Balaban J connectivity index is 1.74. The van der Waals surface area contributed by atoms with Gasteiger partial charge in [0, 0.05) is 54.7 Å².